The van der Waals surface area contributed by atoms with Crippen molar-refractivity contribution in [3.8, 4) is 0 Å². The highest BCUT2D eigenvalue weighted by molar-refractivity contribution is 5.35. The lowest BCUT2D eigenvalue weighted by Gasteiger charge is -2.36. The number of rotatable bonds is 0. The van der Waals surface area contributed by atoms with Gasteiger partial charge in [-0.2, -0.15) is 0 Å². The second-order valence-electron chi connectivity index (χ2n) is 6.49. The summed E-state index contributed by atoms with van der Waals surface area (Å²) in [5, 5.41) is 20.6. The molecule has 2 nitrogen and oxygen atoms in total. The Morgan fingerprint density at radius 3 is 2.53 bits per heavy atom. The van der Waals surface area contributed by atoms with Crippen molar-refractivity contribution in [3.63, 3.8) is 0 Å². The van der Waals surface area contributed by atoms with E-state index in [2.05, 4.69) is 0 Å². The van der Waals surface area contributed by atoms with Crippen LogP contribution in [0.15, 0.2) is 22.8 Å². The molecule has 2 N–H and O–H groups in total. The Kier molecular flexibility index (Phi) is 3.81. The van der Waals surface area contributed by atoms with E-state index < -0.39 is 12.2 Å². The maximum absolute atomic E-state index is 10.6. The first kappa shape index (κ1) is 13.4. The van der Waals surface area contributed by atoms with E-state index in [1.807, 2.05) is 13.0 Å². The van der Waals surface area contributed by atoms with Gasteiger partial charge >= 0.3 is 0 Å². The molecule has 3 fully saturated rings. The van der Waals surface area contributed by atoms with Crippen molar-refractivity contribution < 1.29 is 10.2 Å². The first-order valence-electron chi connectivity index (χ1n) is 7.96. The summed E-state index contributed by atoms with van der Waals surface area (Å²) in [6.07, 6.45) is 10.6. The highest BCUT2D eigenvalue weighted by Crippen LogP contribution is 2.48. The fraction of sp³-hybridized carbons (Fsp3) is 0.765. The molecule has 4 unspecified atom stereocenters. The smallest absolute Gasteiger partial charge is 0.0988 e. The Bertz CT molecular complexity index is 407. The zero-order chi connectivity index (χ0) is 13.4. The van der Waals surface area contributed by atoms with E-state index in [1.165, 1.54) is 44.1 Å². The van der Waals surface area contributed by atoms with Crippen LogP contribution in [0.5, 0.6) is 0 Å². The lowest BCUT2D eigenvalue weighted by Crippen LogP contribution is -2.32. The standard InChI is InChI=1S/C17H26O2/c1-2-12-16(18)10-9-15(17(12)19)14-8-4-6-11-5-3-7-13(11)14/h2,11,13,16-19H,3-10H2,1H3. The highest BCUT2D eigenvalue weighted by Gasteiger charge is 2.37. The first-order chi connectivity index (χ1) is 9.22. The lowest BCUT2D eigenvalue weighted by molar-refractivity contribution is 0.128. The molecule has 0 radical (unpaired) electrons. The normalized spacial score (nSPS) is 45.5. The van der Waals surface area contributed by atoms with Gasteiger partial charge in [-0.3, -0.25) is 0 Å². The van der Waals surface area contributed by atoms with Gasteiger partial charge in [0.2, 0.25) is 0 Å². The summed E-state index contributed by atoms with van der Waals surface area (Å²) < 4.78 is 0. The van der Waals surface area contributed by atoms with Crippen LogP contribution in [0, 0.1) is 11.8 Å². The van der Waals surface area contributed by atoms with E-state index in [1.54, 1.807) is 5.57 Å². The summed E-state index contributed by atoms with van der Waals surface area (Å²) >= 11 is 0. The van der Waals surface area contributed by atoms with E-state index in [-0.39, 0.29) is 0 Å². The van der Waals surface area contributed by atoms with Crippen LogP contribution >= 0.6 is 0 Å². The molecule has 3 aliphatic carbocycles. The van der Waals surface area contributed by atoms with Gasteiger partial charge in [0.15, 0.2) is 0 Å². The summed E-state index contributed by atoms with van der Waals surface area (Å²) in [4.78, 5) is 0. The molecular weight excluding hydrogens is 236 g/mol. The average molecular weight is 262 g/mol. The van der Waals surface area contributed by atoms with E-state index in [0.29, 0.717) is 0 Å². The quantitative estimate of drug-likeness (QED) is 0.657. The topological polar surface area (TPSA) is 40.5 Å². The van der Waals surface area contributed by atoms with E-state index in [4.69, 9.17) is 0 Å². The van der Waals surface area contributed by atoms with Crippen LogP contribution in [0.3, 0.4) is 0 Å². The number of aliphatic hydroxyl groups excluding tert-OH is 2. The third kappa shape index (κ3) is 2.30. The third-order valence-corrected chi connectivity index (χ3v) is 5.59. The van der Waals surface area contributed by atoms with Crippen molar-refractivity contribution in [1.82, 2.24) is 0 Å². The minimum Gasteiger partial charge on any atom is -0.389 e. The molecule has 0 bridgehead atoms. The van der Waals surface area contributed by atoms with E-state index >= 15 is 0 Å². The molecule has 0 aromatic rings. The second kappa shape index (κ2) is 5.41. The summed E-state index contributed by atoms with van der Waals surface area (Å²) in [6, 6.07) is 0. The van der Waals surface area contributed by atoms with Gasteiger partial charge < -0.3 is 10.2 Å². The van der Waals surface area contributed by atoms with Gasteiger partial charge in [0.05, 0.1) is 12.2 Å². The molecule has 3 saturated carbocycles. The minimum absolute atomic E-state index is 0.438. The second-order valence-corrected chi connectivity index (χ2v) is 6.49. The lowest BCUT2D eigenvalue weighted by atomic mass is 9.72. The van der Waals surface area contributed by atoms with Crippen LogP contribution in [0.2, 0.25) is 0 Å². The third-order valence-electron chi connectivity index (χ3n) is 5.59. The van der Waals surface area contributed by atoms with Crippen LogP contribution in [0.1, 0.15) is 58.3 Å². The number of allylic oxidation sites excluding steroid dienone is 2. The Morgan fingerprint density at radius 1 is 0.947 bits per heavy atom. The molecule has 3 rings (SSSR count). The molecule has 0 aromatic carbocycles. The summed E-state index contributed by atoms with van der Waals surface area (Å²) in [7, 11) is 0. The first-order valence-corrected chi connectivity index (χ1v) is 7.96. The molecular formula is C17H26O2. The van der Waals surface area contributed by atoms with Crippen molar-refractivity contribution in [3.05, 3.63) is 22.8 Å². The molecule has 106 valence electrons. The molecule has 19 heavy (non-hydrogen) atoms. The van der Waals surface area contributed by atoms with Gasteiger partial charge in [-0.05, 0) is 74.9 Å². The Balaban J connectivity index is 1.92. The Hall–Kier alpha value is -0.600. The summed E-state index contributed by atoms with van der Waals surface area (Å²) in [5.74, 6) is 1.62. The van der Waals surface area contributed by atoms with Gasteiger partial charge in [0.25, 0.3) is 0 Å². The minimum atomic E-state index is -0.511. The molecule has 0 aliphatic heterocycles. The number of aliphatic hydroxyl groups is 2. The van der Waals surface area contributed by atoms with Crippen molar-refractivity contribution >= 4 is 0 Å². The maximum Gasteiger partial charge on any atom is 0.0988 e. The van der Waals surface area contributed by atoms with Crippen molar-refractivity contribution in [1.29, 1.82) is 0 Å². The largest absolute Gasteiger partial charge is 0.389 e. The van der Waals surface area contributed by atoms with Gasteiger partial charge in [-0.1, -0.05) is 18.1 Å². The van der Waals surface area contributed by atoms with Crippen molar-refractivity contribution in [2.75, 3.05) is 0 Å². The van der Waals surface area contributed by atoms with Crippen LogP contribution in [0.4, 0.5) is 0 Å². The van der Waals surface area contributed by atoms with Gasteiger partial charge in [0.1, 0.15) is 0 Å². The van der Waals surface area contributed by atoms with Gasteiger partial charge in [-0.15, -0.1) is 0 Å². The predicted octanol–water partition coefficient (Wildman–Crippen LogP) is 3.35. The number of hydrogen-bond donors (Lipinski definition) is 2. The van der Waals surface area contributed by atoms with E-state index in [9.17, 15) is 10.2 Å². The van der Waals surface area contributed by atoms with Crippen molar-refractivity contribution in [2.45, 2.75) is 70.5 Å². The fourth-order valence-electron chi connectivity index (χ4n) is 4.65. The SMILES string of the molecule is CC=C1C(O)CCC(=C2CCCC3CCCC23)C1O. The molecule has 0 saturated heterocycles. The zero-order valence-corrected chi connectivity index (χ0v) is 11.9. The monoisotopic (exact) mass is 262 g/mol. The summed E-state index contributed by atoms with van der Waals surface area (Å²) in [6.45, 7) is 1.93. The van der Waals surface area contributed by atoms with Crippen LogP contribution in [0.25, 0.3) is 0 Å². The maximum atomic E-state index is 10.6. The highest BCUT2D eigenvalue weighted by atomic mass is 16.3. The molecule has 4 atom stereocenters. The predicted molar refractivity (Wildman–Crippen MR) is 76.7 cm³/mol. The van der Waals surface area contributed by atoms with Crippen molar-refractivity contribution in [2.24, 2.45) is 11.8 Å². The van der Waals surface area contributed by atoms with Crippen LogP contribution in [-0.2, 0) is 0 Å². The molecule has 0 heterocycles. The Morgan fingerprint density at radius 2 is 1.74 bits per heavy atom. The van der Waals surface area contributed by atoms with Gasteiger partial charge in [0, 0.05) is 0 Å². The fourth-order valence-corrected chi connectivity index (χ4v) is 4.65. The number of hydrogen-bond acceptors (Lipinski definition) is 2. The van der Waals surface area contributed by atoms with Crippen LogP contribution < -0.4 is 0 Å². The molecule has 0 spiro atoms. The zero-order valence-electron chi connectivity index (χ0n) is 11.9. The van der Waals surface area contributed by atoms with Gasteiger partial charge in [-0.25, -0.2) is 0 Å². The molecule has 0 aromatic heterocycles. The molecule has 2 heteroatoms. The van der Waals surface area contributed by atoms with Crippen LogP contribution in [-0.4, -0.2) is 22.4 Å². The average Bonchev–Trinajstić information content (AvgIpc) is 2.88. The van der Waals surface area contributed by atoms with E-state index in [0.717, 1.165) is 30.3 Å². The molecule has 0 amide bonds. The summed E-state index contributed by atoms with van der Waals surface area (Å²) in [5.41, 5.74) is 3.65. The molecule has 3 aliphatic rings. The number of fused-ring (bicyclic) bond motifs is 1. The Labute approximate surface area is 116 Å².